The van der Waals surface area contributed by atoms with Crippen molar-refractivity contribution in [1.29, 1.82) is 0 Å². The van der Waals surface area contributed by atoms with E-state index in [0.29, 0.717) is 22.3 Å². The Morgan fingerprint density at radius 3 is 2.74 bits per heavy atom. The third kappa shape index (κ3) is 3.76. The molecule has 1 heterocycles. The topological polar surface area (TPSA) is 68.0 Å². The van der Waals surface area contributed by atoms with Gasteiger partial charge in [-0.3, -0.25) is 4.79 Å². The van der Waals surface area contributed by atoms with E-state index in [1.54, 1.807) is 24.3 Å². The Balaban J connectivity index is 1.65. The molecule has 0 aliphatic carbocycles. The second kappa shape index (κ2) is 6.62. The van der Waals surface area contributed by atoms with Gasteiger partial charge in [0, 0.05) is 16.1 Å². The molecule has 0 spiro atoms. The maximum Gasteiger partial charge on any atom is 0.251 e. The number of halogens is 1. The fraction of sp³-hybridized carbons (Fsp3) is 0.118. The zero-order valence-corrected chi connectivity index (χ0v) is 13.2. The maximum absolute atomic E-state index is 12.0. The quantitative estimate of drug-likeness (QED) is 0.794. The number of hydrogen-bond acceptors (Lipinski definition) is 4. The third-order valence-electron chi connectivity index (χ3n) is 3.25. The largest absolute Gasteiger partial charge is 0.343 e. The molecule has 1 amide bonds. The Kier molecular flexibility index (Phi) is 4.39. The summed E-state index contributed by atoms with van der Waals surface area (Å²) in [6, 6.07) is 14.5. The van der Waals surface area contributed by atoms with Crippen LogP contribution in [0, 0.1) is 6.92 Å². The minimum atomic E-state index is -0.225. The lowest BCUT2D eigenvalue weighted by Gasteiger charge is -2.02. The van der Waals surface area contributed by atoms with E-state index in [-0.39, 0.29) is 12.5 Å². The first kappa shape index (κ1) is 15.2. The van der Waals surface area contributed by atoms with E-state index in [1.807, 2.05) is 31.2 Å². The molecule has 0 bridgehead atoms. The number of rotatable bonds is 4. The fourth-order valence-electron chi connectivity index (χ4n) is 2.09. The van der Waals surface area contributed by atoms with Gasteiger partial charge in [-0.2, -0.15) is 4.98 Å². The van der Waals surface area contributed by atoms with Gasteiger partial charge in [-0.25, -0.2) is 0 Å². The number of aryl methyl sites for hydroxylation is 1. The van der Waals surface area contributed by atoms with Crippen LogP contribution in [0.15, 0.2) is 53.1 Å². The second-order valence-electron chi connectivity index (χ2n) is 5.07. The number of benzene rings is 2. The van der Waals surface area contributed by atoms with Crippen LogP contribution in [-0.2, 0) is 6.54 Å². The van der Waals surface area contributed by atoms with E-state index in [1.165, 1.54) is 0 Å². The van der Waals surface area contributed by atoms with E-state index in [2.05, 4.69) is 15.5 Å². The number of nitrogens with zero attached hydrogens (tertiary/aromatic N) is 2. The van der Waals surface area contributed by atoms with Crippen molar-refractivity contribution in [1.82, 2.24) is 15.5 Å². The average Bonchev–Trinajstić information content (AvgIpc) is 3.02. The standard InChI is InChI=1S/C17H14ClN3O2/c1-11-3-2-4-13(9-11)16-20-15(23-21-16)10-19-17(22)12-5-7-14(18)8-6-12/h2-9H,10H2,1H3,(H,19,22). The molecule has 0 radical (unpaired) electrons. The Bertz CT molecular complexity index is 828. The molecule has 0 unspecified atom stereocenters. The molecule has 0 aliphatic rings. The van der Waals surface area contributed by atoms with Crippen LogP contribution >= 0.6 is 11.6 Å². The van der Waals surface area contributed by atoms with Crippen molar-refractivity contribution >= 4 is 17.5 Å². The summed E-state index contributed by atoms with van der Waals surface area (Å²) in [6.45, 7) is 2.16. The predicted octanol–water partition coefficient (Wildman–Crippen LogP) is 3.63. The zero-order chi connectivity index (χ0) is 16.2. The molecule has 5 nitrogen and oxygen atoms in total. The molecular formula is C17H14ClN3O2. The number of carbonyl (C=O) groups is 1. The van der Waals surface area contributed by atoms with Gasteiger partial charge in [-0.05, 0) is 37.3 Å². The Hall–Kier alpha value is -2.66. The van der Waals surface area contributed by atoms with Gasteiger partial charge in [0.1, 0.15) is 0 Å². The third-order valence-corrected chi connectivity index (χ3v) is 3.50. The van der Waals surface area contributed by atoms with E-state index in [9.17, 15) is 4.79 Å². The predicted molar refractivity (Wildman–Crippen MR) is 87.1 cm³/mol. The molecule has 0 aliphatic heterocycles. The van der Waals surface area contributed by atoms with Crippen LogP contribution in [0.25, 0.3) is 11.4 Å². The summed E-state index contributed by atoms with van der Waals surface area (Å²) in [6.07, 6.45) is 0. The van der Waals surface area contributed by atoms with Crippen LogP contribution in [0.3, 0.4) is 0 Å². The summed E-state index contributed by atoms with van der Waals surface area (Å²) < 4.78 is 5.17. The summed E-state index contributed by atoms with van der Waals surface area (Å²) in [5, 5.41) is 7.25. The van der Waals surface area contributed by atoms with E-state index < -0.39 is 0 Å². The minimum absolute atomic E-state index is 0.167. The molecule has 23 heavy (non-hydrogen) atoms. The van der Waals surface area contributed by atoms with Crippen molar-refractivity contribution in [2.24, 2.45) is 0 Å². The molecule has 6 heteroatoms. The summed E-state index contributed by atoms with van der Waals surface area (Å²) in [4.78, 5) is 16.3. The molecule has 1 N–H and O–H groups in total. The highest BCUT2D eigenvalue weighted by Crippen LogP contribution is 2.17. The first-order valence-corrected chi connectivity index (χ1v) is 7.43. The normalized spacial score (nSPS) is 10.5. The highest BCUT2D eigenvalue weighted by atomic mass is 35.5. The average molecular weight is 328 g/mol. The van der Waals surface area contributed by atoms with Crippen LogP contribution in [-0.4, -0.2) is 16.0 Å². The van der Waals surface area contributed by atoms with Gasteiger partial charge >= 0.3 is 0 Å². The zero-order valence-electron chi connectivity index (χ0n) is 12.4. The molecule has 0 saturated carbocycles. The molecule has 0 saturated heterocycles. The van der Waals surface area contributed by atoms with Crippen molar-refractivity contribution < 1.29 is 9.32 Å². The lowest BCUT2D eigenvalue weighted by Crippen LogP contribution is -2.22. The number of amides is 1. The van der Waals surface area contributed by atoms with E-state index >= 15 is 0 Å². The molecule has 3 aromatic rings. The summed E-state index contributed by atoms with van der Waals surface area (Å²) in [7, 11) is 0. The maximum atomic E-state index is 12.0. The van der Waals surface area contributed by atoms with Crippen LogP contribution in [0.1, 0.15) is 21.8 Å². The van der Waals surface area contributed by atoms with Gasteiger partial charge in [0.25, 0.3) is 5.91 Å². The van der Waals surface area contributed by atoms with E-state index in [4.69, 9.17) is 16.1 Å². The van der Waals surface area contributed by atoms with Gasteiger partial charge in [0.2, 0.25) is 11.7 Å². The van der Waals surface area contributed by atoms with Crippen molar-refractivity contribution in [2.45, 2.75) is 13.5 Å². The first-order chi connectivity index (χ1) is 11.1. The van der Waals surface area contributed by atoms with Crippen LogP contribution in [0.5, 0.6) is 0 Å². The Morgan fingerprint density at radius 1 is 1.22 bits per heavy atom. The smallest absolute Gasteiger partial charge is 0.251 e. The Labute approximate surface area is 138 Å². The lowest BCUT2D eigenvalue weighted by molar-refractivity contribution is 0.0946. The van der Waals surface area contributed by atoms with Gasteiger partial charge in [0.15, 0.2) is 0 Å². The number of hydrogen-bond donors (Lipinski definition) is 1. The minimum Gasteiger partial charge on any atom is -0.343 e. The second-order valence-corrected chi connectivity index (χ2v) is 5.51. The first-order valence-electron chi connectivity index (χ1n) is 7.05. The lowest BCUT2D eigenvalue weighted by atomic mass is 10.1. The fourth-order valence-corrected chi connectivity index (χ4v) is 2.21. The molecule has 2 aromatic carbocycles. The van der Waals surface area contributed by atoms with Gasteiger partial charge in [-0.1, -0.05) is 40.5 Å². The molecular weight excluding hydrogens is 314 g/mol. The highest BCUT2D eigenvalue weighted by molar-refractivity contribution is 6.30. The van der Waals surface area contributed by atoms with Crippen LogP contribution in [0.2, 0.25) is 5.02 Å². The summed E-state index contributed by atoms with van der Waals surface area (Å²) in [5.41, 5.74) is 2.52. The molecule has 3 rings (SSSR count). The monoisotopic (exact) mass is 327 g/mol. The Morgan fingerprint density at radius 2 is 2.00 bits per heavy atom. The SMILES string of the molecule is Cc1cccc(-c2noc(CNC(=O)c3ccc(Cl)cc3)n2)c1. The van der Waals surface area contributed by atoms with Crippen molar-refractivity contribution in [2.75, 3.05) is 0 Å². The molecule has 1 aromatic heterocycles. The number of carbonyl (C=O) groups excluding carboxylic acids is 1. The van der Waals surface area contributed by atoms with Gasteiger partial charge in [0.05, 0.1) is 6.54 Å². The summed E-state index contributed by atoms with van der Waals surface area (Å²) in [5.74, 6) is 0.630. The highest BCUT2D eigenvalue weighted by Gasteiger charge is 2.11. The van der Waals surface area contributed by atoms with Gasteiger partial charge < -0.3 is 9.84 Å². The number of nitrogens with one attached hydrogen (secondary N) is 1. The van der Waals surface area contributed by atoms with E-state index in [0.717, 1.165) is 11.1 Å². The van der Waals surface area contributed by atoms with Crippen molar-refractivity contribution in [3.63, 3.8) is 0 Å². The molecule has 0 fully saturated rings. The van der Waals surface area contributed by atoms with Crippen molar-refractivity contribution in [3.05, 3.63) is 70.6 Å². The van der Waals surface area contributed by atoms with Crippen molar-refractivity contribution in [3.8, 4) is 11.4 Å². The van der Waals surface area contributed by atoms with Crippen LogP contribution < -0.4 is 5.32 Å². The molecule has 116 valence electrons. The summed E-state index contributed by atoms with van der Waals surface area (Å²) >= 11 is 5.80. The number of aromatic nitrogens is 2. The molecule has 0 atom stereocenters. The van der Waals surface area contributed by atoms with Gasteiger partial charge in [-0.15, -0.1) is 0 Å². The van der Waals surface area contributed by atoms with Crippen LogP contribution in [0.4, 0.5) is 0 Å².